The summed E-state index contributed by atoms with van der Waals surface area (Å²) in [5.74, 6) is -3.07. The number of morpholine rings is 1. The van der Waals surface area contributed by atoms with Crippen LogP contribution in [0.2, 0.25) is 0 Å². The maximum absolute atomic E-state index is 13.1. The van der Waals surface area contributed by atoms with Gasteiger partial charge in [-0.05, 0) is 30.3 Å². The van der Waals surface area contributed by atoms with Crippen LogP contribution >= 0.6 is 0 Å². The zero-order chi connectivity index (χ0) is 26.6. The van der Waals surface area contributed by atoms with Crippen LogP contribution in [0, 0.1) is 0 Å². The Balaban J connectivity index is 1.40. The third kappa shape index (κ3) is 5.94. The quantitative estimate of drug-likeness (QED) is 0.494. The number of benzene rings is 2. The van der Waals surface area contributed by atoms with Gasteiger partial charge in [0.2, 0.25) is 5.82 Å². The number of esters is 1. The number of carbonyl (C=O) groups excluding carboxylic acids is 3. The van der Waals surface area contributed by atoms with Crippen LogP contribution in [0.5, 0.6) is 0 Å². The number of hydrogen-bond acceptors (Lipinski definition) is 8. The van der Waals surface area contributed by atoms with Crippen LogP contribution in [-0.4, -0.2) is 72.3 Å². The van der Waals surface area contributed by atoms with Gasteiger partial charge in [-0.1, -0.05) is 23.4 Å². The molecule has 3 aromatic rings. The van der Waals surface area contributed by atoms with Gasteiger partial charge in [-0.15, -0.1) is 0 Å². The molecule has 1 aromatic heterocycles. The molecule has 1 aliphatic rings. The fourth-order valence-electron chi connectivity index (χ4n) is 3.69. The minimum atomic E-state index is -4.76. The van der Waals surface area contributed by atoms with Crippen molar-refractivity contribution in [3.05, 3.63) is 71.1 Å². The van der Waals surface area contributed by atoms with E-state index in [-0.39, 0.29) is 41.6 Å². The second-order valence-corrected chi connectivity index (χ2v) is 8.01. The Labute approximate surface area is 208 Å². The van der Waals surface area contributed by atoms with Gasteiger partial charge in [0.15, 0.2) is 0 Å². The number of methoxy groups -OCH3 is 1. The highest BCUT2D eigenvalue weighted by atomic mass is 19.4. The van der Waals surface area contributed by atoms with Gasteiger partial charge in [-0.2, -0.15) is 18.2 Å². The van der Waals surface area contributed by atoms with Crippen LogP contribution in [0.4, 0.5) is 13.2 Å². The number of nitrogens with one attached hydrogen (secondary N) is 1. The Kier molecular flexibility index (Phi) is 7.53. The van der Waals surface area contributed by atoms with E-state index in [1.807, 2.05) is 0 Å². The first-order valence-electron chi connectivity index (χ1n) is 11.0. The summed E-state index contributed by atoms with van der Waals surface area (Å²) < 4.78 is 52.4. The lowest BCUT2D eigenvalue weighted by Gasteiger charge is -2.35. The fraction of sp³-hybridized carbons (Fsp3) is 0.292. The molecule has 1 fully saturated rings. The molecule has 0 saturated carbocycles. The van der Waals surface area contributed by atoms with E-state index in [9.17, 15) is 27.6 Å². The van der Waals surface area contributed by atoms with Crippen molar-refractivity contribution in [1.82, 2.24) is 20.4 Å². The van der Waals surface area contributed by atoms with Gasteiger partial charge in [0.25, 0.3) is 11.8 Å². The minimum Gasteiger partial charge on any atom is -0.465 e. The topological polar surface area (TPSA) is 124 Å². The van der Waals surface area contributed by atoms with E-state index in [2.05, 4.69) is 20.0 Å². The van der Waals surface area contributed by atoms with Gasteiger partial charge >= 0.3 is 18.0 Å². The smallest absolute Gasteiger partial charge is 0.465 e. The molecule has 0 spiro atoms. The van der Waals surface area contributed by atoms with Crippen LogP contribution in [-0.2, 0) is 15.7 Å². The molecule has 0 unspecified atom stereocenters. The molecule has 1 saturated heterocycles. The molecule has 0 bridgehead atoms. The average molecular weight is 518 g/mol. The van der Waals surface area contributed by atoms with Crippen molar-refractivity contribution >= 4 is 17.8 Å². The summed E-state index contributed by atoms with van der Waals surface area (Å²) >= 11 is 0. The van der Waals surface area contributed by atoms with E-state index in [1.165, 1.54) is 37.4 Å². The Morgan fingerprint density at radius 2 is 1.84 bits per heavy atom. The van der Waals surface area contributed by atoms with E-state index in [4.69, 9.17) is 9.47 Å². The van der Waals surface area contributed by atoms with E-state index < -0.39 is 30.0 Å². The van der Waals surface area contributed by atoms with Crippen molar-refractivity contribution in [3.8, 4) is 11.4 Å². The van der Waals surface area contributed by atoms with E-state index in [1.54, 1.807) is 23.1 Å². The SMILES string of the molecule is COC(=O)c1cccc(C(=O)N2CCOC[C@@H]2CNC(=O)c2ccc(-c3noc(C(F)(F)F)n3)cc2)c1. The number of aromatic nitrogens is 2. The molecule has 1 atom stereocenters. The van der Waals surface area contributed by atoms with E-state index in [0.717, 1.165) is 0 Å². The lowest BCUT2D eigenvalue weighted by molar-refractivity contribution is -0.159. The Hall–Kier alpha value is -4.26. The molecule has 1 N–H and O–H groups in total. The summed E-state index contributed by atoms with van der Waals surface area (Å²) in [7, 11) is 1.25. The number of amides is 2. The first-order valence-corrected chi connectivity index (χ1v) is 11.0. The number of nitrogens with zero attached hydrogens (tertiary/aromatic N) is 3. The number of hydrogen-bond donors (Lipinski definition) is 1. The molecule has 13 heteroatoms. The monoisotopic (exact) mass is 518 g/mol. The molecule has 2 aromatic carbocycles. The summed E-state index contributed by atoms with van der Waals surface area (Å²) in [4.78, 5) is 42.5. The highest BCUT2D eigenvalue weighted by Crippen LogP contribution is 2.29. The molecule has 194 valence electrons. The Morgan fingerprint density at radius 1 is 1.11 bits per heavy atom. The molecule has 37 heavy (non-hydrogen) atoms. The normalized spacial score (nSPS) is 15.8. The van der Waals surface area contributed by atoms with Gasteiger partial charge in [-0.25, -0.2) is 4.79 Å². The molecule has 0 radical (unpaired) electrons. The number of alkyl halides is 3. The molecule has 2 heterocycles. The Bertz CT molecular complexity index is 1290. The van der Waals surface area contributed by atoms with Gasteiger partial charge in [0.05, 0.1) is 31.9 Å². The third-order valence-electron chi connectivity index (χ3n) is 5.59. The second kappa shape index (κ2) is 10.8. The predicted octanol–water partition coefficient (Wildman–Crippen LogP) is 2.81. The summed E-state index contributed by atoms with van der Waals surface area (Å²) in [6.07, 6.45) is -4.76. The molecule has 10 nitrogen and oxygen atoms in total. The lowest BCUT2D eigenvalue weighted by atomic mass is 10.1. The van der Waals surface area contributed by atoms with Crippen LogP contribution in [0.15, 0.2) is 53.1 Å². The standard InChI is InChI=1S/C24H21F3N4O6/c1-35-22(34)17-4-2-3-16(11-17)21(33)31-9-10-36-13-18(31)12-28-20(32)15-7-5-14(6-8-15)19-29-23(37-30-19)24(25,26)27/h2-8,11,18H,9-10,12-13H2,1H3,(H,28,32)/t18-/m0/s1. The van der Waals surface area contributed by atoms with Gasteiger partial charge < -0.3 is 24.2 Å². The number of ether oxygens (including phenoxy) is 2. The molecule has 1 aliphatic heterocycles. The van der Waals surface area contributed by atoms with Gasteiger partial charge in [0, 0.05) is 29.8 Å². The average Bonchev–Trinajstić information content (AvgIpc) is 3.42. The minimum absolute atomic E-state index is 0.0861. The first kappa shape index (κ1) is 25.8. The maximum Gasteiger partial charge on any atom is 0.471 e. The van der Waals surface area contributed by atoms with E-state index >= 15 is 0 Å². The van der Waals surface area contributed by atoms with Crippen molar-refractivity contribution in [2.24, 2.45) is 0 Å². The fourth-order valence-corrected chi connectivity index (χ4v) is 3.69. The van der Waals surface area contributed by atoms with Crippen molar-refractivity contribution in [2.75, 3.05) is 33.4 Å². The maximum atomic E-state index is 13.1. The van der Waals surface area contributed by atoms with Crippen molar-refractivity contribution in [2.45, 2.75) is 12.2 Å². The largest absolute Gasteiger partial charge is 0.471 e. The van der Waals surface area contributed by atoms with Crippen molar-refractivity contribution in [1.29, 1.82) is 0 Å². The third-order valence-corrected chi connectivity index (χ3v) is 5.59. The molecular formula is C24H21F3N4O6. The highest BCUT2D eigenvalue weighted by molar-refractivity contribution is 5.98. The summed E-state index contributed by atoms with van der Waals surface area (Å²) in [6, 6.07) is 11.3. The second-order valence-electron chi connectivity index (χ2n) is 8.01. The predicted molar refractivity (Wildman–Crippen MR) is 120 cm³/mol. The molecule has 2 amide bonds. The highest BCUT2D eigenvalue weighted by Gasteiger charge is 2.38. The lowest BCUT2D eigenvalue weighted by Crippen LogP contribution is -2.53. The van der Waals surface area contributed by atoms with Crippen LogP contribution in [0.25, 0.3) is 11.4 Å². The summed E-state index contributed by atoms with van der Waals surface area (Å²) in [5, 5.41) is 6.05. The van der Waals surface area contributed by atoms with Crippen molar-refractivity contribution < 1.29 is 41.6 Å². The van der Waals surface area contributed by atoms with Crippen LogP contribution < -0.4 is 5.32 Å². The van der Waals surface area contributed by atoms with E-state index in [0.29, 0.717) is 18.7 Å². The van der Waals surface area contributed by atoms with Gasteiger partial charge in [0.1, 0.15) is 0 Å². The Morgan fingerprint density at radius 3 is 2.51 bits per heavy atom. The number of rotatable bonds is 6. The zero-order valence-corrected chi connectivity index (χ0v) is 19.4. The molecular weight excluding hydrogens is 497 g/mol. The van der Waals surface area contributed by atoms with Gasteiger partial charge in [-0.3, -0.25) is 9.59 Å². The first-order chi connectivity index (χ1) is 17.7. The van der Waals surface area contributed by atoms with Crippen molar-refractivity contribution in [3.63, 3.8) is 0 Å². The molecule has 0 aliphatic carbocycles. The zero-order valence-electron chi connectivity index (χ0n) is 19.4. The number of carbonyl (C=O) groups is 3. The number of halogens is 3. The molecule has 4 rings (SSSR count). The summed E-state index contributed by atoms with van der Waals surface area (Å²) in [6.45, 7) is 0.894. The summed E-state index contributed by atoms with van der Waals surface area (Å²) in [5.41, 5.74) is 1.02. The van der Waals surface area contributed by atoms with Crippen LogP contribution in [0.1, 0.15) is 37.0 Å². The van der Waals surface area contributed by atoms with Crippen LogP contribution in [0.3, 0.4) is 0 Å².